The molecule has 33 heteroatoms. The van der Waals surface area contributed by atoms with E-state index >= 15 is 0 Å². The van der Waals surface area contributed by atoms with Gasteiger partial charge in [-0.3, -0.25) is 37.7 Å². The maximum atomic E-state index is 13.3. The quantitative estimate of drug-likeness (QED) is 0.0207. The van der Waals surface area contributed by atoms with E-state index in [9.17, 15) is 74.3 Å². The van der Waals surface area contributed by atoms with Gasteiger partial charge in [0.15, 0.2) is 31.3 Å². The van der Waals surface area contributed by atoms with Crippen molar-refractivity contribution in [2.45, 2.75) is 171 Å². The third-order valence-corrected chi connectivity index (χ3v) is 11.7. The number of primary amides is 1. The molecule has 31 nitrogen and oxygen atoms in total. The molecule has 0 bridgehead atoms. The predicted molar refractivity (Wildman–Crippen MR) is 221 cm³/mol. The molecule has 0 aromatic heterocycles. The van der Waals surface area contributed by atoms with E-state index in [4.69, 9.17) is 52.7 Å². The molecule has 0 aromatic rings. The molecule has 4 heterocycles. The Morgan fingerprint density at radius 2 is 1.38 bits per heavy atom. The van der Waals surface area contributed by atoms with Crippen molar-refractivity contribution in [2.75, 3.05) is 26.9 Å². The lowest BCUT2D eigenvalue weighted by Gasteiger charge is -2.52. The average molecular weight is 1040 g/mol. The van der Waals surface area contributed by atoms with E-state index in [1.165, 1.54) is 6.92 Å². The van der Waals surface area contributed by atoms with Gasteiger partial charge in [-0.2, -0.15) is 0 Å². The fraction of sp³-hybridized carbons (Fsp3) is 0.861. The smallest absolute Gasteiger partial charge is 0.435 e. The van der Waals surface area contributed by atoms with Crippen molar-refractivity contribution < 1.29 is 137 Å². The number of ether oxygens (including phenoxy) is 9. The molecule has 4 fully saturated rings. The summed E-state index contributed by atoms with van der Waals surface area (Å²) in [5.74, 6) is -3.05. The van der Waals surface area contributed by atoms with Crippen molar-refractivity contribution in [1.82, 2.24) is 16.1 Å². The van der Waals surface area contributed by atoms with E-state index in [1.54, 1.807) is 0 Å². The molecule has 4 rings (SSSR count). The second-order valence-corrected chi connectivity index (χ2v) is 16.9. The number of hydroxylamine groups is 1. The first kappa shape index (κ1) is 63.7. The first-order valence-electron chi connectivity index (χ1n) is 19.8. The van der Waals surface area contributed by atoms with Crippen LogP contribution in [0.15, 0.2) is 0 Å². The van der Waals surface area contributed by atoms with Gasteiger partial charge in [-0.1, -0.05) is 14.9 Å². The third kappa shape index (κ3) is 15.6. The molecule has 22 atom stereocenters. The van der Waals surface area contributed by atoms with Crippen LogP contribution in [0.5, 0.6) is 0 Å². The van der Waals surface area contributed by atoms with E-state index in [2.05, 4.69) is 25.7 Å². The number of phosphoric acid groups is 1. The number of aliphatic hydroxyl groups is 8. The van der Waals surface area contributed by atoms with Gasteiger partial charge in [0.25, 0.3) is 6.47 Å². The number of amides is 3. The largest absolute Gasteiger partial charge is 0.474 e. The maximum absolute atomic E-state index is 13.3. The monoisotopic (exact) mass is 1040 g/mol. The van der Waals surface area contributed by atoms with Crippen molar-refractivity contribution in [3.63, 3.8) is 0 Å². The molecular weight excluding hydrogens is 970 g/mol. The van der Waals surface area contributed by atoms with E-state index in [0.29, 0.717) is 0 Å². The second kappa shape index (κ2) is 27.5. The summed E-state index contributed by atoms with van der Waals surface area (Å²) in [4.78, 5) is 75.3. The highest BCUT2D eigenvalue weighted by Crippen LogP contribution is 2.48. The van der Waals surface area contributed by atoms with Gasteiger partial charge in [0.2, 0.25) is 24.0 Å². The Labute approximate surface area is 395 Å². The Morgan fingerprint density at radius 1 is 0.812 bits per heavy atom. The van der Waals surface area contributed by atoms with Crippen LogP contribution >= 0.6 is 7.82 Å². The number of halogens is 1. The van der Waals surface area contributed by atoms with Crippen molar-refractivity contribution in [2.24, 2.45) is 5.73 Å². The third-order valence-electron chi connectivity index (χ3n) is 10.7. The summed E-state index contributed by atoms with van der Waals surface area (Å²) in [5, 5.41) is 91.2. The van der Waals surface area contributed by atoms with Gasteiger partial charge in [0.05, 0.1) is 19.3 Å². The predicted octanol–water partition coefficient (Wildman–Crippen LogP) is -6.91. The summed E-state index contributed by atoms with van der Waals surface area (Å²) in [5.41, 5.74) is 4.94. The zero-order valence-corrected chi connectivity index (χ0v) is 37.0. The van der Waals surface area contributed by atoms with Gasteiger partial charge < -0.3 is 110 Å². The number of rotatable bonds is 22. The molecule has 4 aliphatic rings. The van der Waals surface area contributed by atoms with Crippen LogP contribution in [0.3, 0.4) is 0 Å². The second-order valence-electron chi connectivity index (χ2n) is 15.5. The zero-order valence-electron chi connectivity index (χ0n) is 36.1. The molecule has 0 spiro atoms. The lowest BCUT2D eigenvalue weighted by Crippen LogP contribution is -2.74. The molecule has 0 radical (unpaired) electrons. The molecule has 21 unspecified atom stereocenters. The SMILES string of the molecule is C.C.CO[C@H](COP(=O)(O)OC1OC(C(N)=O)C(C)(O)C(NOC=O)C1OC1OC(COC2OC(CO)C(O)C(O)C2O)C(OC2OC(C)C(O)C(O)C2NC(C)=O)C(O)C1NC(C)=O)OC=O.F.[2HH]. The minimum Gasteiger partial charge on any atom is -0.435 e. The average Bonchev–Trinajstić information content (AvgIpc) is 3.24. The van der Waals surface area contributed by atoms with Crippen LogP contribution in [0.4, 0.5) is 4.70 Å². The van der Waals surface area contributed by atoms with Gasteiger partial charge in [-0.15, -0.1) is 5.48 Å². The molecule has 14 N–H and O–H groups in total. The minimum atomic E-state index is -5.50. The number of carbonyl (C=O) groups excluding carboxylic acids is 5. The topological polar surface area (TPSA) is 457 Å². The highest BCUT2D eigenvalue weighted by molar-refractivity contribution is 7.47. The molecular formula is C36H68FN4O27P. The van der Waals surface area contributed by atoms with Gasteiger partial charge in [-0.25, -0.2) is 4.57 Å². The van der Waals surface area contributed by atoms with Crippen LogP contribution in [-0.2, 0) is 85.1 Å². The number of nitrogens with two attached hydrogens (primary N) is 1. The highest BCUT2D eigenvalue weighted by atomic mass is 31.2. The van der Waals surface area contributed by atoms with E-state index in [0.717, 1.165) is 27.9 Å². The van der Waals surface area contributed by atoms with Crippen molar-refractivity contribution >= 4 is 38.5 Å². The maximum Gasteiger partial charge on any atom is 0.474 e. The van der Waals surface area contributed by atoms with Crippen LogP contribution in [0.2, 0.25) is 0 Å². The molecule has 4 saturated heterocycles. The van der Waals surface area contributed by atoms with Crippen molar-refractivity contribution in [1.29, 1.82) is 0 Å². The van der Waals surface area contributed by atoms with Gasteiger partial charge in [-0.05, 0) is 13.8 Å². The van der Waals surface area contributed by atoms with Crippen LogP contribution in [-0.4, -0.2) is 232 Å². The van der Waals surface area contributed by atoms with E-state index in [1.807, 2.05) is 0 Å². The van der Waals surface area contributed by atoms with Crippen molar-refractivity contribution in [3.8, 4) is 0 Å². The number of methoxy groups -OCH3 is 1. The molecule has 0 aromatic carbocycles. The van der Waals surface area contributed by atoms with Crippen LogP contribution < -0.4 is 21.8 Å². The standard InChI is InChI=1S/C34H57N4O27P.2CH4.FH.H2/c1-11-19(44)21(46)17(36-12(2)42)30(59-11)62-25-15(7-55-32-24(49)23(48)20(45)14(6-39)60-32)61-31(18(22(25)47)37-13(3)43)63-26-27(38-57-10-41)34(4,51)28(29(35)50)64-33(26)65-66(52,53)58-8-16(54-5)56-9-40;;;;/h9-11,14-28,30-33,38-39,44-49,51H,6-8H2,1-5H3,(H2,35,50)(H,36,42)(H,37,43)(H,52,53);2*1H4;2*1H/t11?,14?,15?,16-,17?,18?,19?,20?,21?,22?,23?,24?,25?,26?,27?,28?,30?,31?,32?,33?,34?;;;;/m0..../s1/i;;;;1+1. The number of hydrogen-bond acceptors (Lipinski definition) is 27. The van der Waals surface area contributed by atoms with Crippen molar-refractivity contribution in [3.05, 3.63) is 0 Å². The Kier molecular flexibility index (Phi) is 25.4. The summed E-state index contributed by atoms with van der Waals surface area (Å²) >= 11 is 0. The first-order chi connectivity index (χ1) is 30.9. The molecule has 0 saturated carbocycles. The number of phosphoric ester groups is 1. The Hall–Kier alpha value is -3.29. The highest BCUT2D eigenvalue weighted by Gasteiger charge is 2.61. The first-order valence-corrected chi connectivity index (χ1v) is 21.3. The molecule has 4 aliphatic heterocycles. The molecule has 0 aliphatic carbocycles. The summed E-state index contributed by atoms with van der Waals surface area (Å²) in [6.45, 7) is 1.29. The number of aliphatic hydroxyl groups excluding tert-OH is 7. The summed E-state index contributed by atoms with van der Waals surface area (Å²) < 4.78 is 73.6. The summed E-state index contributed by atoms with van der Waals surface area (Å²) in [6.07, 6.45) is -31.7. The number of hydrogen-bond donors (Lipinski definition) is 13. The van der Waals surface area contributed by atoms with E-state index in [-0.39, 0.29) is 33.9 Å². The van der Waals surface area contributed by atoms with E-state index < -0.39 is 174 Å². The lowest BCUT2D eigenvalue weighted by atomic mass is 9.83. The van der Waals surface area contributed by atoms with Gasteiger partial charge >= 0.3 is 14.3 Å². The summed E-state index contributed by atoms with van der Waals surface area (Å²) in [6, 6.07) is -5.45. The van der Waals surface area contributed by atoms with Crippen LogP contribution in [0, 0.1) is 0 Å². The summed E-state index contributed by atoms with van der Waals surface area (Å²) in [7, 11) is -4.46. The number of nitrogens with one attached hydrogen (secondary N) is 3. The van der Waals surface area contributed by atoms with Crippen LogP contribution in [0.25, 0.3) is 0 Å². The van der Waals surface area contributed by atoms with Gasteiger partial charge in [0, 0.05) is 22.4 Å². The Balaban J connectivity index is 0.0000119. The van der Waals surface area contributed by atoms with Gasteiger partial charge in [0.1, 0.15) is 91.4 Å². The lowest BCUT2D eigenvalue weighted by molar-refractivity contribution is -0.365. The number of carbonyl (C=O) groups is 5. The molecule has 406 valence electrons. The molecule has 69 heavy (non-hydrogen) atoms. The Morgan fingerprint density at radius 3 is 1.91 bits per heavy atom. The Bertz CT molecular complexity index is 1700. The molecule has 3 amide bonds. The minimum absolute atomic E-state index is 0. The zero-order chi connectivity index (χ0) is 49.4. The normalized spacial score (nSPS) is 40.1. The fourth-order valence-electron chi connectivity index (χ4n) is 7.38. The fourth-order valence-corrected chi connectivity index (χ4v) is 8.18. The van der Waals surface area contributed by atoms with Crippen LogP contribution in [0.1, 0.15) is 44.0 Å².